The highest BCUT2D eigenvalue weighted by molar-refractivity contribution is 5.94. The van der Waals surface area contributed by atoms with Crippen LogP contribution < -0.4 is 10.1 Å². The third-order valence-corrected chi connectivity index (χ3v) is 3.10. The number of fused-ring (bicyclic) bond motifs is 1. The van der Waals surface area contributed by atoms with Gasteiger partial charge >= 0.3 is 0 Å². The van der Waals surface area contributed by atoms with Gasteiger partial charge in [-0.1, -0.05) is 0 Å². The summed E-state index contributed by atoms with van der Waals surface area (Å²) in [6.07, 6.45) is 0. The molecule has 0 fully saturated rings. The molecule has 0 unspecified atom stereocenters. The minimum absolute atomic E-state index is 0.242. The molecule has 0 spiro atoms. The van der Waals surface area contributed by atoms with Gasteiger partial charge in [-0.15, -0.1) is 0 Å². The highest BCUT2D eigenvalue weighted by Gasteiger charge is 2.12. The van der Waals surface area contributed by atoms with Crippen molar-refractivity contribution >= 4 is 16.6 Å². The van der Waals surface area contributed by atoms with Gasteiger partial charge in [0.25, 0.3) is 0 Å². The number of nitrogens with zero attached hydrogens (tertiary/aromatic N) is 1. The van der Waals surface area contributed by atoms with Gasteiger partial charge in [-0.2, -0.15) is 0 Å². The molecule has 0 aliphatic carbocycles. The van der Waals surface area contributed by atoms with Gasteiger partial charge in [0.2, 0.25) is 0 Å². The van der Waals surface area contributed by atoms with E-state index in [2.05, 4.69) is 10.3 Å². The first-order valence-corrected chi connectivity index (χ1v) is 5.96. The molecule has 2 aromatic rings. The van der Waals surface area contributed by atoms with E-state index in [4.69, 9.17) is 4.74 Å². The largest absolute Gasteiger partial charge is 0.494 e. The average Bonchev–Trinajstić information content (AvgIpc) is 2.34. The van der Waals surface area contributed by atoms with Crippen molar-refractivity contribution in [2.24, 2.45) is 0 Å². The Morgan fingerprint density at radius 3 is 2.67 bits per heavy atom. The predicted octanol–water partition coefficient (Wildman–Crippen LogP) is 3.43. The molecule has 0 amide bonds. The first kappa shape index (κ1) is 12.6. The molecule has 4 heteroatoms. The fourth-order valence-electron chi connectivity index (χ4n) is 2.04. The number of methoxy groups -OCH3 is 1. The normalized spacial score (nSPS) is 10.7. The number of nitrogens with one attached hydrogen (secondary N) is 1. The van der Waals surface area contributed by atoms with Gasteiger partial charge in [0, 0.05) is 29.4 Å². The van der Waals surface area contributed by atoms with Crippen LogP contribution in [0.4, 0.5) is 10.1 Å². The summed E-state index contributed by atoms with van der Waals surface area (Å²) in [5.41, 5.74) is 3.63. The maximum Gasteiger partial charge on any atom is 0.167 e. The summed E-state index contributed by atoms with van der Waals surface area (Å²) in [7, 11) is 1.46. The van der Waals surface area contributed by atoms with E-state index >= 15 is 0 Å². The van der Waals surface area contributed by atoms with E-state index in [1.54, 1.807) is 6.07 Å². The summed E-state index contributed by atoms with van der Waals surface area (Å²) in [6.45, 7) is 6.77. The van der Waals surface area contributed by atoms with E-state index in [1.807, 2.05) is 20.8 Å². The monoisotopic (exact) mass is 248 g/mol. The number of aromatic nitrogens is 1. The summed E-state index contributed by atoms with van der Waals surface area (Å²) < 4.78 is 18.7. The number of pyridine rings is 1. The van der Waals surface area contributed by atoms with Crippen LogP contribution in [0.5, 0.6) is 5.75 Å². The van der Waals surface area contributed by atoms with Gasteiger partial charge in [0.05, 0.1) is 12.6 Å². The standard InChI is InChI=1S/C14H17FN2O/c1-5-16-14-8(2)9(3)17-12-7-11(15)13(18-4)6-10(12)14/h6-7H,5H2,1-4H3,(H,16,17). The number of ether oxygens (including phenoxy) is 1. The molecular weight excluding hydrogens is 231 g/mol. The van der Waals surface area contributed by atoms with Crippen LogP contribution in [0.1, 0.15) is 18.2 Å². The maximum atomic E-state index is 13.7. The van der Waals surface area contributed by atoms with Gasteiger partial charge in [0.1, 0.15) is 0 Å². The Balaban J connectivity index is 2.80. The van der Waals surface area contributed by atoms with Crippen LogP contribution in [0, 0.1) is 19.7 Å². The molecule has 0 saturated carbocycles. The van der Waals surface area contributed by atoms with E-state index in [-0.39, 0.29) is 11.6 Å². The third kappa shape index (κ3) is 1.98. The first-order chi connectivity index (χ1) is 8.58. The van der Waals surface area contributed by atoms with Crippen molar-refractivity contribution < 1.29 is 9.13 Å². The van der Waals surface area contributed by atoms with Crippen LogP contribution in [0.3, 0.4) is 0 Å². The molecule has 1 heterocycles. The molecule has 18 heavy (non-hydrogen) atoms. The van der Waals surface area contributed by atoms with Crippen molar-refractivity contribution in [1.29, 1.82) is 0 Å². The number of anilines is 1. The van der Waals surface area contributed by atoms with E-state index in [1.165, 1.54) is 13.2 Å². The van der Waals surface area contributed by atoms with E-state index in [0.717, 1.165) is 28.9 Å². The second-order valence-corrected chi connectivity index (χ2v) is 4.23. The number of benzene rings is 1. The lowest BCUT2D eigenvalue weighted by molar-refractivity contribution is 0.387. The second-order valence-electron chi connectivity index (χ2n) is 4.23. The number of hydrogen-bond donors (Lipinski definition) is 1. The molecule has 0 bridgehead atoms. The number of halogens is 1. The van der Waals surface area contributed by atoms with Crippen molar-refractivity contribution in [3.63, 3.8) is 0 Å². The Labute approximate surface area is 106 Å². The van der Waals surface area contributed by atoms with E-state index in [0.29, 0.717) is 5.52 Å². The minimum atomic E-state index is -0.386. The molecule has 96 valence electrons. The fraction of sp³-hybridized carbons (Fsp3) is 0.357. The maximum absolute atomic E-state index is 13.7. The third-order valence-electron chi connectivity index (χ3n) is 3.10. The van der Waals surface area contributed by atoms with E-state index < -0.39 is 0 Å². The topological polar surface area (TPSA) is 34.2 Å². The average molecular weight is 248 g/mol. The van der Waals surface area contributed by atoms with Gasteiger partial charge in [-0.25, -0.2) is 4.39 Å². The van der Waals surface area contributed by atoms with Crippen LogP contribution in [0.15, 0.2) is 12.1 Å². The fourth-order valence-corrected chi connectivity index (χ4v) is 2.04. The van der Waals surface area contributed by atoms with Crippen LogP contribution in [0.25, 0.3) is 10.9 Å². The Morgan fingerprint density at radius 2 is 2.06 bits per heavy atom. The lowest BCUT2D eigenvalue weighted by atomic mass is 10.1. The van der Waals surface area contributed by atoms with Crippen LogP contribution in [0.2, 0.25) is 0 Å². The minimum Gasteiger partial charge on any atom is -0.494 e. The van der Waals surface area contributed by atoms with Crippen molar-refractivity contribution in [2.45, 2.75) is 20.8 Å². The molecule has 2 rings (SSSR count). The van der Waals surface area contributed by atoms with Crippen molar-refractivity contribution in [3.05, 3.63) is 29.2 Å². The van der Waals surface area contributed by atoms with Crippen molar-refractivity contribution in [1.82, 2.24) is 4.98 Å². The molecule has 0 aliphatic rings. The molecule has 0 aliphatic heterocycles. The zero-order chi connectivity index (χ0) is 13.3. The predicted molar refractivity (Wildman–Crippen MR) is 71.9 cm³/mol. The summed E-state index contributed by atoms with van der Waals surface area (Å²) in [6, 6.07) is 3.11. The van der Waals surface area contributed by atoms with Crippen LogP contribution in [-0.2, 0) is 0 Å². The number of hydrogen-bond acceptors (Lipinski definition) is 3. The van der Waals surface area contributed by atoms with Crippen LogP contribution in [-0.4, -0.2) is 18.6 Å². The molecule has 3 nitrogen and oxygen atoms in total. The summed E-state index contributed by atoms with van der Waals surface area (Å²) >= 11 is 0. The summed E-state index contributed by atoms with van der Waals surface area (Å²) in [5.74, 6) is -0.144. The van der Waals surface area contributed by atoms with Gasteiger partial charge < -0.3 is 10.1 Å². The molecule has 0 saturated heterocycles. The number of aryl methyl sites for hydroxylation is 1. The smallest absolute Gasteiger partial charge is 0.167 e. The molecular formula is C14H17FN2O. The highest BCUT2D eigenvalue weighted by atomic mass is 19.1. The second kappa shape index (κ2) is 4.80. The molecule has 1 aromatic heterocycles. The molecule has 1 aromatic carbocycles. The highest BCUT2D eigenvalue weighted by Crippen LogP contribution is 2.32. The Morgan fingerprint density at radius 1 is 1.33 bits per heavy atom. The summed E-state index contributed by atoms with van der Waals surface area (Å²) in [4.78, 5) is 4.42. The van der Waals surface area contributed by atoms with Crippen LogP contribution >= 0.6 is 0 Å². The lowest BCUT2D eigenvalue weighted by Gasteiger charge is -2.14. The van der Waals surface area contributed by atoms with Crippen molar-refractivity contribution in [3.8, 4) is 5.75 Å². The Hall–Kier alpha value is -1.84. The van der Waals surface area contributed by atoms with Gasteiger partial charge in [-0.3, -0.25) is 4.98 Å². The Bertz CT molecular complexity index is 596. The zero-order valence-corrected chi connectivity index (χ0v) is 11.1. The first-order valence-electron chi connectivity index (χ1n) is 5.96. The quantitative estimate of drug-likeness (QED) is 0.903. The van der Waals surface area contributed by atoms with E-state index in [9.17, 15) is 4.39 Å². The summed E-state index contributed by atoms with van der Waals surface area (Å²) in [5, 5.41) is 4.20. The molecule has 0 atom stereocenters. The van der Waals surface area contributed by atoms with Gasteiger partial charge in [0.15, 0.2) is 11.6 Å². The van der Waals surface area contributed by atoms with Gasteiger partial charge in [-0.05, 0) is 32.4 Å². The molecule has 0 radical (unpaired) electrons. The number of rotatable bonds is 3. The molecule has 1 N–H and O–H groups in total. The lowest BCUT2D eigenvalue weighted by Crippen LogP contribution is -2.03. The van der Waals surface area contributed by atoms with Crippen molar-refractivity contribution in [2.75, 3.05) is 19.0 Å². The SMILES string of the molecule is CCNc1c(C)c(C)nc2cc(F)c(OC)cc12. The Kier molecular flexibility index (Phi) is 3.36. The zero-order valence-electron chi connectivity index (χ0n) is 11.1.